The Bertz CT molecular complexity index is 514. The van der Waals surface area contributed by atoms with Crippen LogP contribution in [-0.4, -0.2) is 48.3 Å². The second-order valence-corrected chi connectivity index (χ2v) is 7.28. The normalized spacial score (nSPS) is 25.0. The van der Waals surface area contributed by atoms with Crippen LogP contribution >= 0.6 is 11.3 Å². The lowest BCUT2D eigenvalue weighted by atomic mass is 10.0. The molecule has 0 aromatic carbocycles. The molecule has 0 saturated carbocycles. The maximum absolute atomic E-state index is 12.6. The summed E-state index contributed by atoms with van der Waals surface area (Å²) in [5, 5.41) is 3.15. The minimum absolute atomic E-state index is 0.160. The minimum atomic E-state index is 0.160. The molecule has 23 heavy (non-hydrogen) atoms. The number of rotatable bonds is 6. The van der Waals surface area contributed by atoms with E-state index in [9.17, 15) is 4.79 Å². The van der Waals surface area contributed by atoms with Gasteiger partial charge in [0.1, 0.15) is 5.01 Å². The molecule has 2 aliphatic heterocycles. The molecule has 1 aromatic heterocycles. The molecule has 2 fully saturated rings. The molecule has 1 amide bonds. The Morgan fingerprint density at radius 2 is 2.35 bits per heavy atom. The predicted octanol–water partition coefficient (Wildman–Crippen LogP) is 3.09. The second-order valence-electron chi connectivity index (χ2n) is 6.39. The molecular formula is C17H26N2O3S. The number of ether oxygens (including phenoxy) is 2. The Morgan fingerprint density at radius 3 is 3.09 bits per heavy atom. The molecule has 2 aliphatic rings. The topological polar surface area (TPSA) is 51.7 Å². The van der Waals surface area contributed by atoms with Crippen LogP contribution in [0.5, 0.6) is 0 Å². The van der Waals surface area contributed by atoms with Crippen LogP contribution in [0.2, 0.25) is 0 Å². The highest BCUT2D eigenvalue weighted by atomic mass is 32.1. The molecule has 2 atom stereocenters. The quantitative estimate of drug-likeness (QED) is 0.748. The summed E-state index contributed by atoms with van der Waals surface area (Å²) < 4.78 is 11.2. The van der Waals surface area contributed by atoms with Crippen molar-refractivity contribution in [3.63, 3.8) is 0 Å². The first-order valence-electron chi connectivity index (χ1n) is 8.65. The monoisotopic (exact) mass is 338 g/mol. The maximum Gasteiger partial charge on any atom is 0.225 e. The number of carbonyl (C=O) groups is 1. The zero-order valence-electron chi connectivity index (χ0n) is 13.8. The molecule has 0 unspecified atom stereocenters. The van der Waals surface area contributed by atoms with E-state index in [1.807, 2.05) is 11.8 Å². The molecule has 0 bridgehead atoms. The van der Waals surface area contributed by atoms with E-state index >= 15 is 0 Å². The molecule has 3 heterocycles. The number of thiazole rings is 1. The maximum atomic E-state index is 12.6. The van der Waals surface area contributed by atoms with Gasteiger partial charge >= 0.3 is 0 Å². The van der Waals surface area contributed by atoms with Crippen LogP contribution in [0.25, 0.3) is 0 Å². The number of nitrogens with zero attached hydrogens (tertiary/aromatic N) is 2. The minimum Gasteiger partial charge on any atom is -0.378 e. The lowest BCUT2D eigenvalue weighted by Gasteiger charge is -2.34. The van der Waals surface area contributed by atoms with E-state index < -0.39 is 0 Å². The Balaban J connectivity index is 1.48. The van der Waals surface area contributed by atoms with Gasteiger partial charge in [-0.15, -0.1) is 11.3 Å². The van der Waals surface area contributed by atoms with Crippen molar-refractivity contribution in [2.24, 2.45) is 0 Å². The van der Waals surface area contributed by atoms with Gasteiger partial charge in [-0.3, -0.25) is 4.79 Å². The van der Waals surface area contributed by atoms with Crippen LogP contribution in [0.4, 0.5) is 0 Å². The Morgan fingerprint density at radius 1 is 1.43 bits per heavy atom. The standard InChI is InChI=1S/C17H26N2O3S/c1-13-12-23-17(18-13)15-6-2-3-8-19(15)16(20)7-10-21-11-14-5-4-9-22-14/h12,14-15H,2-11H2,1H3/t14-,15+/m0/s1. The lowest BCUT2D eigenvalue weighted by molar-refractivity contribution is -0.136. The lowest BCUT2D eigenvalue weighted by Crippen LogP contribution is -2.39. The number of piperidine rings is 1. The summed E-state index contributed by atoms with van der Waals surface area (Å²) in [5.74, 6) is 0.190. The Kier molecular flexibility index (Phi) is 6.02. The highest BCUT2D eigenvalue weighted by Gasteiger charge is 2.29. The van der Waals surface area contributed by atoms with Crippen molar-refractivity contribution in [3.8, 4) is 0 Å². The fourth-order valence-corrected chi connectivity index (χ4v) is 4.25. The molecule has 0 spiro atoms. The smallest absolute Gasteiger partial charge is 0.225 e. The van der Waals surface area contributed by atoms with Crippen LogP contribution < -0.4 is 0 Å². The number of aromatic nitrogens is 1. The van der Waals surface area contributed by atoms with Gasteiger partial charge in [0.25, 0.3) is 0 Å². The van der Waals surface area contributed by atoms with Gasteiger partial charge in [-0.25, -0.2) is 4.98 Å². The molecule has 0 N–H and O–H groups in total. The summed E-state index contributed by atoms with van der Waals surface area (Å²) in [6.45, 7) is 4.79. The molecule has 3 rings (SSSR count). The van der Waals surface area contributed by atoms with Crippen molar-refractivity contribution in [2.45, 2.75) is 57.6 Å². The van der Waals surface area contributed by atoms with Gasteiger partial charge in [0.2, 0.25) is 5.91 Å². The first-order valence-corrected chi connectivity index (χ1v) is 9.53. The summed E-state index contributed by atoms with van der Waals surface area (Å²) in [7, 11) is 0. The molecule has 2 saturated heterocycles. The molecule has 0 radical (unpaired) electrons. The van der Waals surface area contributed by atoms with Crippen LogP contribution in [-0.2, 0) is 14.3 Å². The van der Waals surface area contributed by atoms with Gasteiger partial charge in [0.15, 0.2) is 0 Å². The van der Waals surface area contributed by atoms with E-state index in [4.69, 9.17) is 9.47 Å². The zero-order valence-corrected chi connectivity index (χ0v) is 14.6. The van der Waals surface area contributed by atoms with Crippen molar-refractivity contribution < 1.29 is 14.3 Å². The summed E-state index contributed by atoms with van der Waals surface area (Å²) >= 11 is 1.67. The average molecular weight is 338 g/mol. The average Bonchev–Trinajstić information content (AvgIpc) is 3.23. The molecule has 1 aromatic rings. The molecule has 6 heteroatoms. The van der Waals surface area contributed by atoms with Crippen molar-refractivity contribution in [2.75, 3.05) is 26.4 Å². The van der Waals surface area contributed by atoms with Crippen LogP contribution in [0.1, 0.15) is 55.3 Å². The van der Waals surface area contributed by atoms with E-state index in [1.54, 1.807) is 11.3 Å². The van der Waals surface area contributed by atoms with Crippen LogP contribution in [0.3, 0.4) is 0 Å². The highest BCUT2D eigenvalue weighted by molar-refractivity contribution is 7.09. The summed E-state index contributed by atoms with van der Waals surface area (Å²) in [4.78, 5) is 19.2. The van der Waals surface area contributed by atoms with Gasteiger partial charge in [-0.1, -0.05) is 0 Å². The van der Waals surface area contributed by atoms with Crippen LogP contribution in [0.15, 0.2) is 5.38 Å². The van der Waals surface area contributed by atoms with Crippen molar-refractivity contribution >= 4 is 17.2 Å². The summed E-state index contributed by atoms with van der Waals surface area (Å²) in [6, 6.07) is 0.160. The third-order valence-corrected chi connectivity index (χ3v) is 5.60. The van der Waals surface area contributed by atoms with E-state index in [0.29, 0.717) is 19.6 Å². The third kappa shape index (κ3) is 4.52. The van der Waals surface area contributed by atoms with Gasteiger partial charge in [-0.05, 0) is 39.0 Å². The van der Waals surface area contributed by atoms with Gasteiger partial charge < -0.3 is 14.4 Å². The zero-order chi connectivity index (χ0) is 16.1. The molecule has 128 valence electrons. The summed E-state index contributed by atoms with van der Waals surface area (Å²) in [5.41, 5.74) is 1.04. The highest BCUT2D eigenvalue weighted by Crippen LogP contribution is 2.33. The second kappa shape index (κ2) is 8.22. The largest absolute Gasteiger partial charge is 0.378 e. The van der Waals surface area contributed by atoms with Crippen molar-refractivity contribution in [1.82, 2.24) is 9.88 Å². The molecular weight excluding hydrogens is 312 g/mol. The first kappa shape index (κ1) is 16.9. The van der Waals surface area contributed by atoms with E-state index in [2.05, 4.69) is 10.4 Å². The number of amides is 1. The predicted molar refractivity (Wildman–Crippen MR) is 89.6 cm³/mol. The van der Waals surface area contributed by atoms with Gasteiger partial charge in [-0.2, -0.15) is 0 Å². The van der Waals surface area contributed by atoms with E-state index in [1.165, 1.54) is 6.42 Å². The number of hydrogen-bond acceptors (Lipinski definition) is 5. The fourth-order valence-electron chi connectivity index (χ4n) is 3.31. The SMILES string of the molecule is Cc1csc([C@H]2CCCCN2C(=O)CCOC[C@@H]2CCCO2)n1. The van der Waals surface area contributed by atoms with Crippen LogP contribution in [0, 0.1) is 6.92 Å². The van der Waals surface area contributed by atoms with Gasteiger partial charge in [0.05, 0.1) is 31.8 Å². The van der Waals surface area contributed by atoms with E-state index in [-0.39, 0.29) is 18.1 Å². The Labute approximate surface area is 142 Å². The number of hydrogen-bond donors (Lipinski definition) is 0. The summed E-state index contributed by atoms with van der Waals surface area (Å²) in [6.07, 6.45) is 6.15. The van der Waals surface area contributed by atoms with Crippen molar-refractivity contribution in [3.05, 3.63) is 16.1 Å². The third-order valence-electron chi connectivity index (χ3n) is 4.53. The fraction of sp³-hybridized carbons (Fsp3) is 0.765. The molecule has 5 nitrogen and oxygen atoms in total. The van der Waals surface area contributed by atoms with Crippen molar-refractivity contribution in [1.29, 1.82) is 0 Å². The number of likely N-dealkylation sites (tertiary alicyclic amines) is 1. The Hall–Kier alpha value is -0.980. The van der Waals surface area contributed by atoms with Gasteiger partial charge in [0, 0.05) is 24.2 Å². The number of aryl methyl sites for hydroxylation is 1. The van der Waals surface area contributed by atoms with E-state index in [0.717, 1.165) is 49.5 Å². The first-order chi connectivity index (χ1) is 11.2. The number of carbonyl (C=O) groups excluding carboxylic acids is 1. The molecule has 0 aliphatic carbocycles.